The van der Waals surface area contributed by atoms with Crippen LogP contribution in [-0.2, 0) is 14.2 Å². The van der Waals surface area contributed by atoms with Crippen molar-refractivity contribution < 1.29 is 14.2 Å². The number of ether oxygens (including phenoxy) is 3. The molecular weight excluding hydrogens is 156 g/mol. The van der Waals surface area contributed by atoms with Crippen LogP contribution in [0.4, 0.5) is 0 Å². The molecule has 0 aromatic heterocycles. The van der Waals surface area contributed by atoms with E-state index in [-0.39, 0.29) is 12.4 Å². The second-order valence-corrected chi connectivity index (χ2v) is 3.94. The molecule has 2 saturated heterocycles. The van der Waals surface area contributed by atoms with Gasteiger partial charge in [-0.2, -0.15) is 0 Å². The van der Waals surface area contributed by atoms with Crippen LogP contribution in [0, 0.1) is 0 Å². The number of rotatable bonds is 1. The second kappa shape index (κ2) is 2.69. The standard InChI is InChI=1S/C9H16O3/c1-4-6-5-7-8(10-6)12-9(2,3)11-7/h6-8H,4-5H2,1-3H3/t6-,7-,8-/m0/s1. The largest absolute Gasteiger partial charge is 0.346 e. The summed E-state index contributed by atoms with van der Waals surface area (Å²) in [6.07, 6.45) is 2.39. The van der Waals surface area contributed by atoms with E-state index >= 15 is 0 Å². The van der Waals surface area contributed by atoms with Crippen molar-refractivity contribution in [2.24, 2.45) is 0 Å². The van der Waals surface area contributed by atoms with Gasteiger partial charge in [-0.05, 0) is 20.3 Å². The molecule has 2 heterocycles. The maximum atomic E-state index is 5.66. The van der Waals surface area contributed by atoms with Crippen molar-refractivity contribution in [2.75, 3.05) is 0 Å². The van der Waals surface area contributed by atoms with E-state index in [0.29, 0.717) is 6.10 Å². The molecule has 3 nitrogen and oxygen atoms in total. The molecule has 0 spiro atoms. The van der Waals surface area contributed by atoms with Gasteiger partial charge in [0, 0.05) is 6.42 Å². The monoisotopic (exact) mass is 172 g/mol. The lowest BCUT2D eigenvalue weighted by molar-refractivity contribution is -0.204. The molecule has 0 aliphatic carbocycles. The fourth-order valence-electron chi connectivity index (χ4n) is 1.85. The van der Waals surface area contributed by atoms with Crippen LogP contribution < -0.4 is 0 Å². The summed E-state index contributed by atoms with van der Waals surface area (Å²) >= 11 is 0. The molecule has 0 amide bonds. The Morgan fingerprint density at radius 1 is 1.33 bits per heavy atom. The Balaban J connectivity index is 1.97. The normalized spacial score (nSPS) is 44.8. The van der Waals surface area contributed by atoms with E-state index in [0.717, 1.165) is 12.8 Å². The molecule has 2 aliphatic rings. The molecule has 0 N–H and O–H groups in total. The van der Waals surface area contributed by atoms with E-state index in [1.807, 2.05) is 13.8 Å². The highest BCUT2D eigenvalue weighted by Crippen LogP contribution is 2.37. The van der Waals surface area contributed by atoms with Crippen molar-refractivity contribution in [1.82, 2.24) is 0 Å². The SMILES string of the molecule is CC[C@H]1C[C@@H]2OC(C)(C)O[C@@H]2O1. The summed E-state index contributed by atoms with van der Waals surface area (Å²) in [5.41, 5.74) is 0. The second-order valence-electron chi connectivity index (χ2n) is 3.94. The van der Waals surface area contributed by atoms with Crippen LogP contribution in [0.25, 0.3) is 0 Å². The molecule has 3 heteroatoms. The van der Waals surface area contributed by atoms with Crippen molar-refractivity contribution in [1.29, 1.82) is 0 Å². The lowest BCUT2D eigenvalue weighted by Gasteiger charge is -2.19. The maximum absolute atomic E-state index is 5.66. The minimum absolute atomic E-state index is 0.120. The first-order chi connectivity index (χ1) is 5.61. The van der Waals surface area contributed by atoms with Crippen molar-refractivity contribution >= 4 is 0 Å². The Kier molecular flexibility index (Phi) is 1.90. The summed E-state index contributed by atoms with van der Waals surface area (Å²) in [6.45, 7) is 5.97. The topological polar surface area (TPSA) is 27.7 Å². The van der Waals surface area contributed by atoms with E-state index in [2.05, 4.69) is 6.92 Å². The van der Waals surface area contributed by atoms with E-state index in [1.54, 1.807) is 0 Å². The summed E-state index contributed by atoms with van der Waals surface area (Å²) in [7, 11) is 0. The van der Waals surface area contributed by atoms with Crippen molar-refractivity contribution in [3.63, 3.8) is 0 Å². The molecule has 0 saturated carbocycles. The molecule has 0 unspecified atom stereocenters. The van der Waals surface area contributed by atoms with E-state index in [1.165, 1.54) is 0 Å². The first-order valence-corrected chi connectivity index (χ1v) is 4.62. The molecule has 2 fully saturated rings. The lowest BCUT2D eigenvalue weighted by Crippen LogP contribution is -2.24. The third-order valence-electron chi connectivity index (χ3n) is 2.42. The number of hydrogen-bond acceptors (Lipinski definition) is 3. The van der Waals surface area contributed by atoms with Gasteiger partial charge in [0.25, 0.3) is 0 Å². The smallest absolute Gasteiger partial charge is 0.187 e. The van der Waals surface area contributed by atoms with Crippen LogP contribution in [0.3, 0.4) is 0 Å². The Labute approximate surface area is 73.0 Å². The van der Waals surface area contributed by atoms with Gasteiger partial charge in [-0.1, -0.05) is 6.92 Å². The highest BCUT2D eigenvalue weighted by atomic mass is 16.8. The zero-order valence-corrected chi connectivity index (χ0v) is 7.87. The minimum Gasteiger partial charge on any atom is -0.346 e. The van der Waals surface area contributed by atoms with Crippen LogP contribution in [0.15, 0.2) is 0 Å². The van der Waals surface area contributed by atoms with Crippen LogP contribution in [0.1, 0.15) is 33.6 Å². The third kappa shape index (κ3) is 1.37. The van der Waals surface area contributed by atoms with Crippen molar-refractivity contribution in [3.8, 4) is 0 Å². The molecule has 2 aliphatic heterocycles. The molecule has 2 rings (SSSR count). The molecule has 0 aromatic carbocycles. The van der Waals surface area contributed by atoms with Gasteiger partial charge < -0.3 is 14.2 Å². The average molecular weight is 172 g/mol. The zero-order valence-electron chi connectivity index (χ0n) is 7.87. The predicted octanol–water partition coefficient (Wildman–Crippen LogP) is 1.66. The molecule has 3 atom stereocenters. The highest BCUT2D eigenvalue weighted by Gasteiger charge is 2.47. The van der Waals surface area contributed by atoms with E-state index in [9.17, 15) is 0 Å². The molecule has 0 aromatic rings. The molecule has 70 valence electrons. The molecular formula is C9H16O3. The minimum atomic E-state index is -0.450. The van der Waals surface area contributed by atoms with E-state index in [4.69, 9.17) is 14.2 Å². The van der Waals surface area contributed by atoms with Gasteiger partial charge in [-0.15, -0.1) is 0 Å². The Morgan fingerprint density at radius 2 is 2.08 bits per heavy atom. The van der Waals surface area contributed by atoms with Gasteiger partial charge in [-0.3, -0.25) is 0 Å². The molecule has 0 radical (unpaired) electrons. The maximum Gasteiger partial charge on any atom is 0.187 e. The average Bonchev–Trinajstić information content (AvgIpc) is 2.40. The Bertz CT molecular complexity index is 163. The van der Waals surface area contributed by atoms with Crippen LogP contribution >= 0.6 is 0 Å². The van der Waals surface area contributed by atoms with Crippen molar-refractivity contribution in [3.05, 3.63) is 0 Å². The van der Waals surface area contributed by atoms with E-state index < -0.39 is 5.79 Å². The first-order valence-electron chi connectivity index (χ1n) is 4.62. The van der Waals surface area contributed by atoms with Gasteiger partial charge in [0.15, 0.2) is 12.1 Å². The summed E-state index contributed by atoms with van der Waals surface area (Å²) in [6, 6.07) is 0. The fraction of sp³-hybridized carbons (Fsp3) is 1.00. The van der Waals surface area contributed by atoms with Gasteiger partial charge in [0.05, 0.1) is 6.10 Å². The Hall–Kier alpha value is -0.120. The third-order valence-corrected chi connectivity index (χ3v) is 2.42. The molecule has 0 bridgehead atoms. The quantitative estimate of drug-likeness (QED) is 0.602. The van der Waals surface area contributed by atoms with Crippen molar-refractivity contribution in [2.45, 2.75) is 57.9 Å². The van der Waals surface area contributed by atoms with Gasteiger partial charge in [0.2, 0.25) is 0 Å². The summed E-state index contributed by atoms with van der Waals surface area (Å²) in [5.74, 6) is -0.450. The lowest BCUT2D eigenvalue weighted by atomic mass is 10.2. The van der Waals surface area contributed by atoms with Gasteiger partial charge >= 0.3 is 0 Å². The fourth-order valence-corrected chi connectivity index (χ4v) is 1.85. The van der Waals surface area contributed by atoms with Gasteiger partial charge in [-0.25, -0.2) is 0 Å². The predicted molar refractivity (Wildman–Crippen MR) is 43.6 cm³/mol. The summed E-state index contributed by atoms with van der Waals surface area (Å²) in [4.78, 5) is 0. The summed E-state index contributed by atoms with van der Waals surface area (Å²) in [5, 5.41) is 0. The van der Waals surface area contributed by atoms with Crippen LogP contribution in [0.5, 0.6) is 0 Å². The number of fused-ring (bicyclic) bond motifs is 1. The highest BCUT2D eigenvalue weighted by molar-refractivity contribution is 4.84. The number of hydrogen-bond donors (Lipinski definition) is 0. The molecule has 12 heavy (non-hydrogen) atoms. The van der Waals surface area contributed by atoms with Crippen LogP contribution in [-0.4, -0.2) is 24.3 Å². The summed E-state index contributed by atoms with van der Waals surface area (Å²) < 4.78 is 16.8. The van der Waals surface area contributed by atoms with Gasteiger partial charge in [0.1, 0.15) is 6.10 Å². The Morgan fingerprint density at radius 3 is 2.67 bits per heavy atom. The zero-order chi connectivity index (χ0) is 8.77. The van der Waals surface area contributed by atoms with Crippen LogP contribution in [0.2, 0.25) is 0 Å². The first kappa shape index (κ1) is 8.48.